The molecular formula is C13H23NO3. The molecule has 17 heavy (non-hydrogen) atoms. The van der Waals surface area contributed by atoms with Crippen LogP contribution in [0.3, 0.4) is 0 Å². The van der Waals surface area contributed by atoms with Crippen LogP contribution in [0.2, 0.25) is 0 Å². The maximum atomic E-state index is 11.7. The second-order valence-electron chi connectivity index (χ2n) is 5.60. The predicted octanol–water partition coefficient (Wildman–Crippen LogP) is 2.33. The van der Waals surface area contributed by atoms with E-state index in [4.69, 9.17) is 5.11 Å². The molecule has 2 N–H and O–H groups in total. The highest BCUT2D eigenvalue weighted by atomic mass is 16.4. The third-order valence-corrected chi connectivity index (χ3v) is 3.64. The summed E-state index contributed by atoms with van der Waals surface area (Å²) in [6.07, 6.45) is 5.40. The highest BCUT2D eigenvalue weighted by Gasteiger charge is 2.32. The van der Waals surface area contributed by atoms with E-state index in [-0.39, 0.29) is 23.8 Å². The van der Waals surface area contributed by atoms with Crippen molar-refractivity contribution in [1.82, 2.24) is 5.32 Å². The standard InChI is InChI=1S/C13H23NO3/c1-13(2)9-4-3-6-10(13)14-11(15)7-5-8-12(16)17/h10H,3-9H2,1-2H3,(H,14,15)(H,16,17). The highest BCUT2D eigenvalue weighted by molar-refractivity contribution is 5.77. The molecular weight excluding hydrogens is 218 g/mol. The van der Waals surface area contributed by atoms with Crippen molar-refractivity contribution >= 4 is 11.9 Å². The molecule has 1 unspecified atom stereocenters. The summed E-state index contributed by atoms with van der Waals surface area (Å²) in [5.74, 6) is -0.845. The van der Waals surface area contributed by atoms with E-state index in [9.17, 15) is 9.59 Å². The van der Waals surface area contributed by atoms with Crippen LogP contribution in [0.4, 0.5) is 0 Å². The van der Waals surface area contributed by atoms with E-state index in [1.165, 1.54) is 12.8 Å². The van der Waals surface area contributed by atoms with E-state index in [0.717, 1.165) is 12.8 Å². The van der Waals surface area contributed by atoms with Gasteiger partial charge >= 0.3 is 5.97 Å². The molecule has 0 spiro atoms. The van der Waals surface area contributed by atoms with Gasteiger partial charge in [-0.25, -0.2) is 0 Å². The average molecular weight is 241 g/mol. The summed E-state index contributed by atoms with van der Waals surface area (Å²) in [5.41, 5.74) is 0.167. The van der Waals surface area contributed by atoms with Crippen LogP contribution in [0.5, 0.6) is 0 Å². The first-order chi connectivity index (χ1) is 7.92. The summed E-state index contributed by atoms with van der Waals surface area (Å²) < 4.78 is 0. The Morgan fingerprint density at radius 3 is 2.59 bits per heavy atom. The molecule has 0 heterocycles. The van der Waals surface area contributed by atoms with Gasteiger partial charge in [-0.1, -0.05) is 26.7 Å². The molecule has 0 saturated heterocycles. The normalized spacial score (nSPS) is 23.1. The summed E-state index contributed by atoms with van der Waals surface area (Å²) in [4.78, 5) is 22.0. The van der Waals surface area contributed by atoms with Crippen LogP contribution in [0.1, 0.15) is 58.8 Å². The molecule has 98 valence electrons. The number of aliphatic carboxylic acids is 1. The number of amides is 1. The maximum Gasteiger partial charge on any atom is 0.303 e. The molecule has 1 aliphatic rings. The van der Waals surface area contributed by atoms with Crippen molar-refractivity contribution in [2.24, 2.45) is 5.41 Å². The van der Waals surface area contributed by atoms with Crippen LogP contribution in [0.25, 0.3) is 0 Å². The van der Waals surface area contributed by atoms with Crippen molar-refractivity contribution in [1.29, 1.82) is 0 Å². The molecule has 1 rings (SSSR count). The molecule has 1 amide bonds. The minimum Gasteiger partial charge on any atom is -0.481 e. The van der Waals surface area contributed by atoms with Gasteiger partial charge in [0.05, 0.1) is 0 Å². The lowest BCUT2D eigenvalue weighted by Gasteiger charge is -2.39. The second kappa shape index (κ2) is 6.03. The monoisotopic (exact) mass is 241 g/mol. The largest absolute Gasteiger partial charge is 0.481 e. The van der Waals surface area contributed by atoms with Crippen LogP contribution in [0.15, 0.2) is 0 Å². The van der Waals surface area contributed by atoms with E-state index in [1.807, 2.05) is 0 Å². The zero-order valence-electron chi connectivity index (χ0n) is 10.8. The molecule has 0 aromatic rings. The van der Waals surface area contributed by atoms with Crippen molar-refractivity contribution in [3.05, 3.63) is 0 Å². The van der Waals surface area contributed by atoms with Crippen molar-refractivity contribution in [2.75, 3.05) is 0 Å². The van der Waals surface area contributed by atoms with Gasteiger partial charge in [0.1, 0.15) is 0 Å². The van der Waals surface area contributed by atoms with E-state index < -0.39 is 5.97 Å². The minimum atomic E-state index is -0.837. The second-order valence-corrected chi connectivity index (χ2v) is 5.60. The van der Waals surface area contributed by atoms with Gasteiger partial charge in [-0.15, -0.1) is 0 Å². The summed E-state index contributed by atoms with van der Waals surface area (Å²) in [6.45, 7) is 4.38. The first-order valence-electron chi connectivity index (χ1n) is 6.43. The Morgan fingerprint density at radius 2 is 2.00 bits per heavy atom. The highest BCUT2D eigenvalue weighted by Crippen LogP contribution is 2.35. The fraction of sp³-hybridized carbons (Fsp3) is 0.846. The van der Waals surface area contributed by atoms with E-state index in [1.54, 1.807) is 0 Å². The number of rotatable bonds is 5. The molecule has 1 fully saturated rings. The van der Waals surface area contributed by atoms with Gasteiger partial charge in [0.2, 0.25) is 5.91 Å². The van der Waals surface area contributed by atoms with Gasteiger partial charge in [-0.3, -0.25) is 9.59 Å². The zero-order valence-corrected chi connectivity index (χ0v) is 10.8. The van der Waals surface area contributed by atoms with Crippen molar-refractivity contribution in [3.63, 3.8) is 0 Å². The summed E-state index contributed by atoms with van der Waals surface area (Å²) in [6, 6.07) is 0.244. The molecule has 0 aromatic carbocycles. The first-order valence-corrected chi connectivity index (χ1v) is 6.43. The molecule has 4 heteroatoms. The quantitative estimate of drug-likeness (QED) is 0.776. The van der Waals surface area contributed by atoms with Gasteiger partial charge in [0, 0.05) is 18.9 Å². The van der Waals surface area contributed by atoms with Crippen molar-refractivity contribution in [2.45, 2.75) is 64.8 Å². The smallest absolute Gasteiger partial charge is 0.303 e. The zero-order chi connectivity index (χ0) is 12.9. The fourth-order valence-corrected chi connectivity index (χ4v) is 2.43. The van der Waals surface area contributed by atoms with Gasteiger partial charge in [0.15, 0.2) is 0 Å². The number of carboxylic acids is 1. The maximum absolute atomic E-state index is 11.7. The lowest BCUT2D eigenvalue weighted by Crippen LogP contribution is -2.46. The van der Waals surface area contributed by atoms with E-state index in [0.29, 0.717) is 12.8 Å². The molecule has 1 aliphatic carbocycles. The molecule has 1 saturated carbocycles. The third-order valence-electron chi connectivity index (χ3n) is 3.64. The van der Waals surface area contributed by atoms with E-state index >= 15 is 0 Å². The molecule has 0 bridgehead atoms. The van der Waals surface area contributed by atoms with E-state index in [2.05, 4.69) is 19.2 Å². The summed E-state index contributed by atoms with van der Waals surface area (Å²) >= 11 is 0. The molecule has 0 radical (unpaired) electrons. The fourth-order valence-electron chi connectivity index (χ4n) is 2.43. The van der Waals surface area contributed by atoms with Crippen molar-refractivity contribution < 1.29 is 14.7 Å². The minimum absolute atomic E-state index is 0.00812. The van der Waals surface area contributed by atoms with Crippen LogP contribution >= 0.6 is 0 Å². The van der Waals surface area contributed by atoms with Gasteiger partial charge < -0.3 is 10.4 Å². The topological polar surface area (TPSA) is 66.4 Å². The van der Waals surface area contributed by atoms with Gasteiger partial charge in [-0.05, 0) is 24.7 Å². The van der Waals surface area contributed by atoms with Crippen molar-refractivity contribution in [3.8, 4) is 0 Å². The molecule has 1 atom stereocenters. The molecule has 0 aliphatic heterocycles. The molecule has 4 nitrogen and oxygen atoms in total. The number of carboxylic acid groups (broad SMARTS) is 1. The van der Waals surface area contributed by atoms with Crippen LogP contribution < -0.4 is 5.32 Å². The Hall–Kier alpha value is -1.06. The summed E-state index contributed by atoms with van der Waals surface area (Å²) in [5, 5.41) is 11.6. The Balaban J connectivity index is 2.32. The lowest BCUT2D eigenvalue weighted by molar-refractivity contribution is -0.137. The number of hydrogen-bond donors (Lipinski definition) is 2. The van der Waals surface area contributed by atoms with Crippen LogP contribution in [0, 0.1) is 5.41 Å². The average Bonchev–Trinajstić information content (AvgIpc) is 2.20. The number of hydrogen-bond acceptors (Lipinski definition) is 2. The first kappa shape index (κ1) is 14.0. The van der Waals surface area contributed by atoms with Crippen LogP contribution in [-0.4, -0.2) is 23.0 Å². The summed E-state index contributed by atoms with van der Waals surface area (Å²) in [7, 11) is 0. The Kier molecular flexibility index (Phi) is 4.97. The Labute approximate surface area is 103 Å². The van der Waals surface area contributed by atoms with Gasteiger partial charge in [0.25, 0.3) is 0 Å². The SMILES string of the molecule is CC1(C)CCCCC1NC(=O)CCCC(=O)O. The Morgan fingerprint density at radius 1 is 1.29 bits per heavy atom. The Bertz CT molecular complexity index is 286. The van der Waals surface area contributed by atoms with Crippen LogP contribution in [-0.2, 0) is 9.59 Å². The predicted molar refractivity (Wildman–Crippen MR) is 65.7 cm³/mol. The molecule has 0 aromatic heterocycles. The third kappa shape index (κ3) is 4.75. The lowest BCUT2D eigenvalue weighted by atomic mass is 9.73. The number of nitrogens with one attached hydrogen (secondary N) is 1. The number of carbonyl (C=O) groups excluding carboxylic acids is 1. The van der Waals surface area contributed by atoms with Gasteiger partial charge in [-0.2, -0.15) is 0 Å². The number of carbonyl (C=O) groups is 2.